The van der Waals surface area contributed by atoms with Gasteiger partial charge in [-0.2, -0.15) is 0 Å². The van der Waals surface area contributed by atoms with Crippen LogP contribution in [-0.4, -0.2) is 9.97 Å². The van der Waals surface area contributed by atoms with E-state index < -0.39 is 0 Å². The third-order valence-electron chi connectivity index (χ3n) is 2.68. The molecule has 2 heterocycles. The quantitative estimate of drug-likeness (QED) is 0.661. The summed E-state index contributed by atoms with van der Waals surface area (Å²) in [5, 5.41) is 1.07. The van der Waals surface area contributed by atoms with E-state index in [0.717, 1.165) is 22.4 Å². The highest BCUT2D eigenvalue weighted by molar-refractivity contribution is 5.81. The lowest BCUT2D eigenvalue weighted by Crippen LogP contribution is -2.14. The molecule has 0 aliphatic rings. The number of hydrogen-bond acceptors (Lipinski definition) is 3. The number of furan rings is 1. The fourth-order valence-electron chi connectivity index (χ4n) is 1.75. The van der Waals surface area contributed by atoms with Gasteiger partial charge in [-0.1, -0.05) is 20.8 Å². The number of rotatable bonds is 0. The van der Waals surface area contributed by atoms with Crippen LogP contribution >= 0.6 is 0 Å². The summed E-state index contributed by atoms with van der Waals surface area (Å²) in [6.07, 6.45) is 1.57. The normalized spacial score (nSPS) is 12.3. The monoisotopic (exact) mass is 204 g/mol. The molecular weight excluding hydrogens is 188 g/mol. The summed E-state index contributed by atoms with van der Waals surface area (Å²) in [6, 6.07) is 0. The van der Waals surface area contributed by atoms with Crippen molar-refractivity contribution in [2.75, 3.05) is 0 Å². The first-order chi connectivity index (χ1) is 6.91. The van der Waals surface area contributed by atoms with Crippen molar-refractivity contribution in [3.63, 3.8) is 0 Å². The molecule has 3 heteroatoms. The zero-order chi connectivity index (χ0) is 11.2. The van der Waals surface area contributed by atoms with E-state index in [2.05, 4.69) is 37.7 Å². The van der Waals surface area contributed by atoms with E-state index in [1.165, 1.54) is 0 Å². The van der Waals surface area contributed by atoms with Gasteiger partial charge >= 0.3 is 0 Å². The van der Waals surface area contributed by atoms with Crippen LogP contribution in [0.15, 0.2) is 10.7 Å². The van der Waals surface area contributed by atoms with Crippen LogP contribution in [0, 0.1) is 13.8 Å². The summed E-state index contributed by atoms with van der Waals surface area (Å²) < 4.78 is 5.58. The molecule has 15 heavy (non-hydrogen) atoms. The molecule has 0 unspecified atom stereocenters. The molecular formula is C12H16N2O. The Labute approximate surface area is 89.5 Å². The second-order valence-electron chi connectivity index (χ2n) is 4.94. The highest BCUT2D eigenvalue weighted by Crippen LogP contribution is 2.31. The van der Waals surface area contributed by atoms with E-state index in [-0.39, 0.29) is 5.41 Å². The van der Waals surface area contributed by atoms with Crippen LogP contribution in [0.25, 0.3) is 11.1 Å². The molecule has 2 aromatic heterocycles. The largest absolute Gasteiger partial charge is 0.443 e. The fourth-order valence-corrected chi connectivity index (χ4v) is 1.75. The minimum absolute atomic E-state index is 0.0161. The molecule has 0 amide bonds. The number of aromatic nitrogens is 2. The molecule has 3 nitrogen and oxygen atoms in total. The maximum absolute atomic E-state index is 5.58. The van der Waals surface area contributed by atoms with Gasteiger partial charge in [0.05, 0.1) is 11.1 Å². The van der Waals surface area contributed by atoms with Crippen molar-refractivity contribution >= 4 is 11.1 Å². The van der Waals surface area contributed by atoms with Crippen LogP contribution in [-0.2, 0) is 5.41 Å². The van der Waals surface area contributed by atoms with Gasteiger partial charge in [-0.3, -0.25) is 0 Å². The molecule has 0 radical (unpaired) electrons. The van der Waals surface area contributed by atoms with Gasteiger partial charge in [-0.15, -0.1) is 0 Å². The van der Waals surface area contributed by atoms with Gasteiger partial charge in [0.1, 0.15) is 12.1 Å². The van der Waals surface area contributed by atoms with Crippen LogP contribution in [0.5, 0.6) is 0 Å². The smallest absolute Gasteiger partial charge is 0.229 e. The first-order valence-corrected chi connectivity index (χ1v) is 5.12. The lowest BCUT2D eigenvalue weighted by Gasteiger charge is -2.18. The Balaban J connectivity index is 2.86. The van der Waals surface area contributed by atoms with E-state index in [9.17, 15) is 0 Å². The van der Waals surface area contributed by atoms with Crippen molar-refractivity contribution < 1.29 is 4.42 Å². The third-order valence-corrected chi connectivity index (χ3v) is 2.68. The van der Waals surface area contributed by atoms with Crippen molar-refractivity contribution in [2.45, 2.75) is 40.0 Å². The molecule has 0 aliphatic carbocycles. The highest BCUT2D eigenvalue weighted by Gasteiger charge is 2.22. The molecule has 0 N–H and O–H groups in total. The molecule has 0 spiro atoms. The van der Waals surface area contributed by atoms with E-state index in [1.54, 1.807) is 6.33 Å². The molecule has 2 aromatic rings. The minimum atomic E-state index is 0.0161. The number of fused-ring (bicyclic) bond motifs is 1. The van der Waals surface area contributed by atoms with E-state index in [4.69, 9.17) is 4.42 Å². The number of aryl methyl sites for hydroxylation is 2. The third kappa shape index (κ3) is 1.52. The predicted octanol–water partition coefficient (Wildman–Crippen LogP) is 3.14. The Morgan fingerprint density at radius 2 is 1.80 bits per heavy atom. The molecule has 2 rings (SSSR count). The van der Waals surface area contributed by atoms with Crippen molar-refractivity contribution in [1.82, 2.24) is 9.97 Å². The maximum atomic E-state index is 5.58. The Morgan fingerprint density at radius 1 is 1.13 bits per heavy atom. The van der Waals surface area contributed by atoms with E-state index in [0.29, 0.717) is 5.71 Å². The summed E-state index contributed by atoms with van der Waals surface area (Å²) in [4.78, 5) is 8.54. The SMILES string of the molecule is Cc1oc2ncnc(C(C)(C)C)c2c1C. The second-order valence-corrected chi connectivity index (χ2v) is 4.94. The van der Waals surface area contributed by atoms with Gasteiger partial charge in [0, 0.05) is 11.0 Å². The Morgan fingerprint density at radius 3 is 2.40 bits per heavy atom. The lowest BCUT2D eigenvalue weighted by molar-refractivity contribution is 0.555. The van der Waals surface area contributed by atoms with Gasteiger partial charge in [0.15, 0.2) is 0 Å². The van der Waals surface area contributed by atoms with Crippen molar-refractivity contribution in [1.29, 1.82) is 0 Å². The molecule has 80 valence electrons. The minimum Gasteiger partial charge on any atom is -0.443 e. The maximum Gasteiger partial charge on any atom is 0.229 e. The first-order valence-electron chi connectivity index (χ1n) is 5.12. The van der Waals surface area contributed by atoms with Crippen LogP contribution in [0.1, 0.15) is 37.8 Å². The average Bonchev–Trinajstić information content (AvgIpc) is 2.41. The summed E-state index contributed by atoms with van der Waals surface area (Å²) in [6.45, 7) is 10.5. The molecule has 0 atom stereocenters. The van der Waals surface area contributed by atoms with E-state index >= 15 is 0 Å². The topological polar surface area (TPSA) is 38.9 Å². The van der Waals surface area contributed by atoms with Crippen molar-refractivity contribution in [3.8, 4) is 0 Å². The molecule has 0 bridgehead atoms. The summed E-state index contributed by atoms with van der Waals surface area (Å²) in [5.41, 5.74) is 2.92. The molecule has 0 saturated heterocycles. The summed E-state index contributed by atoms with van der Waals surface area (Å²) >= 11 is 0. The van der Waals surface area contributed by atoms with Gasteiger partial charge < -0.3 is 4.42 Å². The van der Waals surface area contributed by atoms with E-state index in [1.807, 2.05) is 6.92 Å². The van der Waals surface area contributed by atoms with Gasteiger partial charge in [0.2, 0.25) is 5.71 Å². The Bertz CT molecular complexity index is 506. The van der Waals surface area contributed by atoms with Crippen LogP contribution < -0.4 is 0 Å². The van der Waals surface area contributed by atoms with Gasteiger partial charge in [0.25, 0.3) is 0 Å². The Hall–Kier alpha value is -1.38. The van der Waals surface area contributed by atoms with Gasteiger partial charge in [-0.05, 0) is 13.8 Å². The van der Waals surface area contributed by atoms with Crippen molar-refractivity contribution in [2.24, 2.45) is 0 Å². The van der Waals surface area contributed by atoms with Gasteiger partial charge in [-0.25, -0.2) is 9.97 Å². The first kappa shape index (κ1) is 10.1. The fraction of sp³-hybridized carbons (Fsp3) is 0.500. The summed E-state index contributed by atoms with van der Waals surface area (Å²) in [7, 11) is 0. The zero-order valence-electron chi connectivity index (χ0n) is 9.88. The Kier molecular flexibility index (Phi) is 2.07. The standard InChI is InChI=1S/C12H16N2O/c1-7-8(2)15-11-9(7)10(12(3,4)5)13-6-14-11/h6H,1-5H3. The van der Waals surface area contributed by atoms with Crippen LogP contribution in [0.3, 0.4) is 0 Å². The second kappa shape index (κ2) is 3.05. The molecule has 0 fully saturated rings. The van der Waals surface area contributed by atoms with Crippen molar-refractivity contribution in [3.05, 3.63) is 23.3 Å². The molecule has 0 aliphatic heterocycles. The molecule has 0 saturated carbocycles. The average molecular weight is 204 g/mol. The van der Waals surface area contributed by atoms with Crippen LogP contribution in [0.4, 0.5) is 0 Å². The zero-order valence-corrected chi connectivity index (χ0v) is 9.88. The van der Waals surface area contributed by atoms with Crippen LogP contribution in [0.2, 0.25) is 0 Å². The predicted molar refractivity (Wildman–Crippen MR) is 60.0 cm³/mol. The number of nitrogens with zero attached hydrogens (tertiary/aromatic N) is 2. The highest BCUT2D eigenvalue weighted by atomic mass is 16.3. The summed E-state index contributed by atoms with van der Waals surface area (Å²) in [5.74, 6) is 0.927. The lowest BCUT2D eigenvalue weighted by atomic mass is 9.89. The molecule has 0 aromatic carbocycles. The number of hydrogen-bond donors (Lipinski definition) is 0.